The number of aliphatic carboxylic acids is 1. The SMILES string of the molecule is CC#CCn1c(N2CCC[C@@H](N)C2)nc2c1c(=O)n(Cc1nc(C)c3ccccc3n1)c(=O)n2C.O=C(O)[C@@H](O)[C@@H](O)[C@H](O)[C@@H](O)[C@@H](O)CO. The van der Waals surface area contributed by atoms with Crippen LogP contribution in [0, 0.1) is 18.8 Å². The quantitative estimate of drug-likeness (QED) is 0.0768. The van der Waals surface area contributed by atoms with Gasteiger partial charge in [0.05, 0.1) is 25.2 Å². The topological polar surface area (TPSA) is 276 Å². The number of nitrogens with two attached hydrogens (primary N) is 1. The predicted octanol–water partition coefficient (Wildman–Crippen LogP) is -2.98. The van der Waals surface area contributed by atoms with Gasteiger partial charge in [-0.25, -0.2) is 19.6 Å². The van der Waals surface area contributed by atoms with Crippen LogP contribution in [0.3, 0.4) is 0 Å². The van der Waals surface area contributed by atoms with Crippen molar-refractivity contribution >= 4 is 34.0 Å². The van der Waals surface area contributed by atoms with E-state index in [0.717, 1.165) is 36.0 Å². The Labute approximate surface area is 285 Å². The van der Waals surface area contributed by atoms with Crippen molar-refractivity contribution < 1.29 is 40.5 Å². The third-order valence-corrected chi connectivity index (χ3v) is 8.36. The molecule has 9 N–H and O–H groups in total. The van der Waals surface area contributed by atoms with Crippen molar-refractivity contribution in [1.29, 1.82) is 0 Å². The molecule has 18 nitrogen and oxygen atoms in total. The molecule has 5 rings (SSSR count). The van der Waals surface area contributed by atoms with Crippen LogP contribution in [-0.2, 0) is 24.9 Å². The number of nitrogens with zero attached hydrogens (tertiary/aromatic N) is 7. The minimum atomic E-state index is -2.29. The molecular weight excluding hydrogens is 656 g/mol. The fourth-order valence-corrected chi connectivity index (χ4v) is 5.62. The molecule has 0 unspecified atom stereocenters. The summed E-state index contributed by atoms with van der Waals surface area (Å²) < 4.78 is 4.39. The molecule has 18 heteroatoms. The van der Waals surface area contributed by atoms with Gasteiger partial charge in [0.1, 0.15) is 30.2 Å². The number of hydrogen-bond donors (Lipinski definition) is 8. The normalized spacial score (nSPS) is 17.6. The Balaban J connectivity index is 0.000000318. The molecule has 1 aliphatic heterocycles. The largest absolute Gasteiger partial charge is 0.479 e. The Morgan fingerprint density at radius 2 is 1.74 bits per heavy atom. The zero-order valence-electron chi connectivity index (χ0n) is 27.8. The van der Waals surface area contributed by atoms with Gasteiger partial charge in [-0.3, -0.25) is 18.5 Å². The van der Waals surface area contributed by atoms with Gasteiger partial charge in [-0.15, -0.1) is 5.92 Å². The number of carbonyl (C=O) groups is 1. The van der Waals surface area contributed by atoms with E-state index in [2.05, 4.69) is 26.7 Å². The number of piperidine rings is 1. The fourth-order valence-electron chi connectivity index (χ4n) is 5.62. The van der Waals surface area contributed by atoms with Crippen molar-refractivity contribution in [3.8, 4) is 11.8 Å². The second-order valence-electron chi connectivity index (χ2n) is 11.9. The summed E-state index contributed by atoms with van der Waals surface area (Å²) in [5.74, 6) is 5.17. The number of aliphatic hydroxyl groups is 6. The molecule has 0 bridgehead atoms. The lowest BCUT2D eigenvalue weighted by atomic mass is 9.99. The molecule has 1 aliphatic rings. The van der Waals surface area contributed by atoms with E-state index in [4.69, 9.17) is 46.5 Å². The van der Waals surface area contributed by atoms with E-state index in [1.807, 2.05) is 31.2 Å². The first-order valence-electron chi connectivity index (χ1n) is 15.8. The molecule has 0 amide bonds. The molecule has 0 aliphatic carbocycles. The van der Waals surface area contributed by atoms with E-state index in [1.54, 1.807) is 18.5 Å². The van der Waals surface area contributed by atoms with E-state index in [0.29, 0.717) is 29.5 Å². The number of benzene rings is 1. The Morgan fingerprint density at radius 3 is 2.38 bits per heavy atom. The third kappa shape index (κ3) is 8.00. The summed E-state index contributed by atoms with van der Waals surface area (Å²) in [7, 11) is 1.63. The van der Waals surface area contributed by atoms with Crippen LogP contribution in [-0.4, -0.2) is 127 Å². The van der Waals surface area contributed by atoms with Gasteiger partial charge in [0.2, 0.25) is 5.95 Å². The van der Waals surface area contributed by atoms with E-state index in [9.17, 15) is 14.4 Å². The number of anilines is 1. The fraction of sp³-hybridized carbons (Fsp3) is 0.500. The van der Waals surface area contributed by atoms with Crippen LogP contribution in [0.1, 0.15) is 31.3 Å². The number of aromatic nitrogens is 6. The number of imidazole rings is 1. The minimum Gasteiger partial charge on any atom is -0.479 e. The van der Waals surface area contributed by atoms with Crippen molar-refractivity contribution in [3.63, 3.8) is 0 Å². The second-order valence-corrected chi connectivity index (χ2v) is 11.9. The summed E-state index contributed by atoms with van der Waals surface area (Å²) in [5, 5.41) is 62.5. The number of aliphatic hydroxyl groups excluding tert-OH is 6. The van der Waals surface area contributed by atoms with Crippen molar-refractivity contribution in [2.45, 2.75) is 76.3 Å². The van der Waals surface area contributed by atoms with Crippen molar-refractivity contribution in [1.82, 2.24) is 28.7 Å². The number of para-hydroxylation sites is 1. The summed E-state index contributed by atoms with van der Waals surface area (Å²) in [6.45, 7) is 4.43. The van der Waals surface area contributed by atoms with Gasteiger partial charge in [0.25, 0.3) is 5.56 Å². The summed E-state index contributed by atoms with van der Waals surface area (Å²) in [6.07, 6.45) is -8.36. The number of carboxylic acid groups (broad SMARTS) is 1. The van der Waals surface area contributed by atoms with E-state index < -0.39 is 54.3 Å². The van der Waals surface area contributed by atoms with Gasteiger partial charge in [0.15, 0.2) is 17.3 Å². The zero-order chi connectivity index (χ0) is 36.9. The highest BCUT2D eigenvalue weighted by atomic mass is 16.4. The molecule has 6 atom stereocenters. The zero-order valence-corrected chi connectivity index (χ0v) is 27.8. The summed E-state index contributed by atoms with van der Waals surface area (Å²) in [4.78, 5) is 53.2. The van der Waals surface area contributed by atoms with Crippen LogP contribution in [0.15, 0.2) is 33.9 Å². The predicted molar refractivity (Wildman–Crippen MR) is 180 cm³/mol. The van der Waals surface area contributed by atoms with Crippen LogP contribution in [0.25, 0.3) is 22.1 Å². The lowest BCUT2D eigenvalue weighted by Gasteiger charge is -2.31. The monoisotopic (exact) mass is 698 g/mol. The van der Waals surface area contributed by atoms with E-state index >= 15 is 0 Å². The first-order chi connectivity index (χ1) is 23.7. The van der Waals surface area contributed by atoms with Crippen molar-refractivity contribution in [2.75, 3.05) is 24.6 Å². The van der Waals surface area contributed by atoms with Gasteiger partial charge in [0, 0.05) is 37.3 Å². The Hall–Kier alpha value is -4.74. The Bertz CT molecular complexity index is 2020. The molecular formula is C32H42N8O10. The molecule has 1 fully saturated rings. The lowest BCUT2D eigenvalue weighted by Crippen LogP contribution is -2.51. The van der Waals surface area contributed by atoms with Gasteiger partial charge < -0.3 is 46.4 Å². The highest BCUT2D eigenvalue weighted by Gasteiger charge is 2.37. The van der Waals surface area contributed by atoms with Crippen LogP contribution in [0.5, 0.6) is 0 Å². The van der Waals surface area contributed by atoms with Crippen molar-refractivity contribution in [2.24, 2.45) is 12.8 Å². The molecule has 0 saturated carbocycles. The maximum atomic E-state index is 13.7. The molecule has 270 valence electrons. The molecule has 3 aromatic heterocycles. The Morgan fingerprint density at radius 1 is 1.04 bits per heavy atom. The first kappa shape index (κ1) is 38.1. The number of carboxylic acids is 1. The molecule has 4 heterocycles. The smallest absolute Gasteiger partial charge is 0.335 e. The molecule has 0 radical (unpaired) electrons. The standard InChI is InChI=1S/C25H28N8O2.C7H14O8/c1-4-5-13-32-21-22(29-24(32)31-12-8-9-17(26)14-31)30(3)25(35)33(23(21)34)15-20-27-16(2)18-10-6-7-11-19(18)28-20;8-1-2(9)3(10)4(11)5(12)6(13)7(14)15/h6-7,10-11,17H,8-9,12-15,26H2,1-3H3;2-6,8-13H,1H2,(H,14,15)/t17-;2-,3-,4+,5-,6-/m10/s1. The lowest BCUT2D eigenvalue weighted by molar-refractivity contribution is -0.169. The number of rotatable bonds is 10. The second kappa shape index (κ2) is 16.3. The van der Waals surface area contributed by atoms with Gasteiger partial charge >= 0.3 is 11.7 Å². The summed E-state index contributed by atoms with van der Waals surface area (Å²) >= 11 is 0. The van der Waals surface area contributed by atoms with Gasteiger partial charge in [-0.05, 0) is 32.8 Å². The highest BCUT2D eigenvalue weighted by molar-refractivity contribution is 5.80. The van der Waals surface area contributed by atoms with Crippen LogP contribution < -0.4 is 21.9 Å². The minimum absolute atomic E-state index is 0.0306. The van der Waals surface area contributed by atoms with E-state index in [1.165, 1.54) is 9.13 Å². The van der Waals surface area contributed by atoms with Crippen LogP contribution in [0.4, 0.5) is 5.95 Å². The maximum Gasteiger partial charge on any atom is 0.335 e. The molecule has 50 heavy (non-hydrogen) atoms. The molecule has 4 aromatic rings. The third-order valence-electron chi connectivity index (χ3n) is 8.36. The number of hydrogen-bond acceptors (Lipinski definition) is 14. The Kier molecular flexibility index (Phi) is 12.4. The average molecular weight is 699 g/mol. The maximum absolute atomic E-state index is 13.7. The summed E-state index contributed by atoms with van der Waals surface area (Å²) in [6, 6.07) is 7.71. The number of aryl methyl sites for hydroxylation is 2. The number of fused-ring (bicyclic) bond motifs is 2. The summed E-state index contributed by atoms with van der Waals surface area (Å²) in [5.41, 5.74) is 7.54. The average Bonchev–Trinajstić information content (AvgIpc) is 3.50. The van der Waals surface area contributed by atoms with Crippen LogP contribution in [0.2, 0.25) is 0 Å². The highest BCUT2D eigenvalue weighted by Crippen LogP contribution is 2.23. The molecule has 1 saturated heterocycles. The van der Waals surface area contributed by atoms with Crippen molar-refractivity contribution in [3.05, 3.63) is 56.6 Å². The molecule has 0 spiro atoms. The van der Waals surface area contributed by atoms with Crippen LogP contribution >= 0.6 is 0 Å². The van der Waals surface area contributed by atoms with Gasteiger partial charge in [-0.2, -0.15) is 4.98 Å². The van der Waals surface area contributed by atoms with Gasteiger partial charge in [-0.1, -0.05) is 24.1 Å². The van der Waals surface area contributed by atoms with E-state index in [-0.39, 0.29) is 19.1 Å². The molecule has 1 aromatic carbocycles. The first-order valence-corrected chi connectivity index (χ1v) is 15.8.